The molecule has 0 radical (unpaired) electrons. The second kappa shape index (κ2) is 6.47. The molecule has 3 aliphatic rings. The highest BCUT2D eigenvalue weighted by atomic mass is 16.5. The molecule has 0 amide bonds. The van der Waals surface area contributed by atoms with E-state index in [1.54, 1.807) is 13.0 Å². The average Bonchev–Trinajstić information content (AvgIpc) is 2.92. The summed E-state index contributed by atoms with van der Waals surface area (Å²) in [6.45, 7) is 7.42. The number of phenolic OH excluding ortho intramolecular Hbond substituents is 1. The summed E-state index contributed by atoms with van der Waals surface area (Å²) in [7, 11) is 0. The quantitative estimate of drug-likeness (QED) is 0.771. The molecule has 1 fully saturated rings. The molecule has 0 unspecified atom stereocenters. The molecule has 0 aliphatic heterocycles. The van der Waals surface area contributed by atoms with Crippen molar-refractivity contribution in [3.8, 4) is 5.75 Å². The summed E-state index contributed by atoms with van der Waals surface area (Å²) in [4.78, 5) is 24.7. The Balaban J connectivity index is 1.69. The summed E-state index contributed by atoms with van der Waals surface area (Å²) in [5.41, 5.74) is 3.29. The minimum Gasteiger partial charge on any atom is -0.508 e. The third-order valence-corrected chi connectivity index (χ3v) is 8.05. The summed E-state index contributed by atoms with van der Waals surface area (Å²) in [5.74, 6) is 0.895. The standard InChI is InChI=1S/C24H30O4/c1-14(28-15(2)25)22(27)24(4)12-10-21-20-7-5-16-13-17(26)6-8-18(16)19(20)9-11-23(21,24)3/h6,8-9,13-14,20-21,26H,5,7,10-12H2,1-4H3/t14-,20-,21+,23+,24-/m1/s1. The number of carbonyl (C=O) groups is 2. The van der Waals surface area contributed by atoms with Gasteiger partial charge in [-0.05, 0) is 85.1 Å². The zero-order valence-electron chi connectivity index (χ0n) is 17.2. The van der Waals surface area contributed by atoms with Crippen LogP contribution in [0.1, 0.15) is 64.5 Å². The van der Waals surface area contributed by atoms with Crippen LogP contribution in [-0.4, -0.2) is 23.0 Å². The van der Waals surface area contributed by atoms with Crippen molar-refractivity contribution in [1.82, 2.24) is 0 Å². The summed E-state index contributed by atoms with van der Waals surface area (Å²) < 4.78 is 5.25. The van der Waals surface area contributed by atoms with Gasteiger partial charge < -0.3 is 9.84 Å². The van der Waals surface area contributed by atoms with Crippen molar-refractivity contribution in [2.75, 3.05) is 0 Å². The average molecular weight is 383 g/mol. The predicted molar refractivity (Wildman–Crippen MR) is 108 cm³/mol. The molecule has 1 saturated carbocycles. The van der Waals surface area contributed by atoms with Gasteiger partial charge in [0.05, 0.1) is 0 Å². The number of carbonyl (C=O) groups excluding carboxylic acids is 2. The zero-order valence-corrected chi connectivity index (χ0v) is 17.2. The van der Waals surface area contributed by atoms with Crippen molar-refractivity contribution in [3.05, 3.63) is 35.4 Å². The molecule has 1 N–H and O–H groups in total. The lowest BCUT2D eigenvalue weighted by atomic mass is 9.53. The second-order valence-electron chi connectivity index (χ2n) is 9.36. The summed E-state index contributed by atoms with van der Waals surface area (Å²) >= 11 is 0. The van der Waals surface area contributed by atoms with Gasteiger partial charge >= 0.3 is 5.97 Å². The Bertz CT molecular complexity index is 869. The number of fused-ring (bicyclic) bond motifs is 5. The summed E-state index contributed by atoms with van der Waals surface area (Å²) in [6, 6.07) is 5.72. The first kappa shape index (κ1) is 19.2. The monoisotopic (exact) mass is 382 g/mol. The molecule has 0 spiro atoms. The van der Waals surface area contributed by atoms with Crippen molar-refractivity contribution in [2.45, 2.75) is 65.9 Å². The van der Waals surface area contributed by atoms with Gasteiger partial charge in [0.2, 0.25) is 0 Å². The normalized spacial score (nSPS) is 34.5. The maximum absolute atomic E-state index is 13.3. The molecule has 1 aromatic carbocycles. The van der Waals surface area contributed by atoms with E-state index in [-0.39, 0.29) is 11.2 Å². The Hall–Kier alpha value is -2.10. The van der Waals surface area contributed by atoms with Gasteiger partial charge in [-0.25, -0.2) is 0 Å². The van der Waals surface area contributed by atoms with E-state index in [1.807, 2.05) is 12.1 Å². The first-order valence-electron chi connectivity index (χ1n) is 10.4. The maximum Gasteiger partial charge on any atom is 0.303 e. The van der Waals surface area contributed by atoms with Crippen molar-refractivity contribution >= 4 is 17.3 Å². The number of esters is 1. The molecule has 0 bridgehead atoms. The maximum atomic E-state index is 13.3. The van der Waals surface area contributed by atoms with E-state index in [9.17, 15) is 14.7 Å². The number of phenols is 1. The van der Waals surface area contributed by atoms with Gasteiger partial charge in [-0.15, -0.1) is 0 Å². The van der Waals surface area contributed by atoms with Crippen LogP contribution in [0.15, 0.2) is 24.3 Å². The fraction of sp³-hybridized carbons (Fsp3) is 0.583. The lowest BCUT2D eigenvalue weighted by Crippen LogP contribution is -2.49. The van der Waals surface area contributed by atoms with Crippen LogP contribution in [0.2, 0.25) is 0 Å². The van der Waals surface area contributed by atoms with Crippen LogP contribution in [-0.2, 0) is 20.7 Å². The first-order chi connectivity index (χ1) is 13.2. The minimum absolute atomic E-state index is 0.0608. The van der Waals surface area contributed by atoms with Gasteiger partial charge in [0, 0.05) is 12.3 Å². The Labute approximate surface area is 167 Å². The summed E-state index contributed by atoms with van der Waals surface area (Å²) in [5, 5.41) is 9.83. The third kappa shape index (κ3) is 2.64. The second-order valence-corrected chi connectivity index (χ2v) is 9.36. The van der Waals surface area contributed by atoms with E-state index in [2.05, 4.69) is 19.9 Å². The number of hydrogen-bond acceptors (Lipinski definition) is 4. The summed E-state index contributed by atoms with van der Waals surface area (Å²) in [6.07, 6.45) is 6.40. The number of benzene rings is 1. The van der Waals surface area contributed by atoms with E-state index in [0.717, 1.165) is 32.1 Å². The van der Waals surface area contributed by atoms with Crippen LogP contribution in [0.25, 0.3) is 5.57 Å². The SMILES string of the molecule is CC(=O)O[C@H](C)C(=O)[C@@]1(C)CC[C@H]2[C@@H]3CCc4cc(O)ccc4C3=CC[C@@]21C. The highest BCUT2D eigenvalue weighted by Crippen LogP contribution is 2.66. The highest BCUT2D eigenvalue weighted by Gasteiger charge is 2.61. The third-order valence-electron chi connectivity index (χ3n) is 8.05. The Kier molecular flexibility index (Phi) is 4.44. The van der Waals surface area contributed by atoms with Crippen LogP contribution in [0.3, 0.4) is 0 Å². The molecule has 3 aliphatic carbocycles. The van der Waals surface area contributed by atoms with Crippen molar-refractivity contribution < 1.29 is 19.4 Å². The number of ether oxygens (including phenoxy) is 1. The largest absolute Gasteiger partial charge is 0.508 e. The molecule has 4 rings (SSSR count). The van der Waals surface area contributed by atoms with Gasteiger partial charge in [0.1, 0.15) is 5.75 Å². The van der Waals surface area contributed by atoms with Crippen LogP contribution < -0.4 is 0 Å². The lowest BCUT2D eigenvalue weighted by Gasteiger charge is -2.50. The van der Waals surface area contributed by atoms with Gasteiger partial charge in [-0.3, -0.25) is 9.59 Å². The molecule has 5 atom stereocenters. The van der Waals surface area contributed by atoms with E-state index < -0.39 is 17.5 Å². The number of rotatable bonds is 3. The van der Waals surface area contributed by atoms with Crippen molar-refractivity contribution in [1.29, 1.82) is 0 Å². The topological polar surface area (TPSA) is 63.6 Å². The molecule has 0 aromatic heterocycles. The highest BCUT2D eigenvalue weighted by molar-refractivity contribution is 5.91. The smallest absolute Gasteiger partial charge is 0.303 e. The van der Waals surface area contributed by atoms with E-state index >= 15 is 0 Å². The fourth-order valence-electron chi connectivity index (χ4n) is 6.37. The van der Waals surface area contributed by atoms with Crippen LogP contribution >= 0.6 is 0 Å². The van der Waals surface area contributed by atoms with Crippen molar-refractivity contribution in [2.24, 2.45) is 22.7 Å². The van der Waals surface area contributed by atoms with Crippen LogP contribution in [0.5, 0.6) is 5.75 Å². The molecule has 1 aromatic rings. The van der Waals surface area contributed by atoms with Gasteiger partial charge in [0.15, 0.2) is 11.9 Å². The lowest BCUT2D eigenvalue weighted by molar-refractivity contribution is -0.159. The van der Waals surface area contributed by atoms with Crippen LogP contribution in [0, 0.1) is 22.7 Å². The zero-order chi connectivity index (χ0) is 20.3. The molecule has 0 heterocycles. The number of Topliss-reactive ketones (excluding diaryl/α,β-unsaturated/α-hetero) is 1. The van der Waals surface area contributed by atoms with E-state index in [4.69, 9.17) is 4.74 Å². The van der Waals surface area contributed by atoms with E-state index in [1.165, 1.54) is 23.6 Å². The first-order valence-corrected chi connectivity index (χ1v) is 10.4. The van der Waals surface area contributed by atoms with E-state index in [0.29, 0.717) is 17.6 Å². The molecule has 28 heavy (non-hydrogen) atoms. The Morgan fingerprint density at radius 1 is 1.25 bits per heavy atom. The van der Waals surface area contributed by atoms with Gasteiger partial charge in [-0.2, -0.15) is 0 Å². The molecule has 4 heteroatoms. The molecule has 150 valence electrons. The molecule has 4 nitrogen and oxygen atoms in total. The number of ketones is 1. The molecule has 0 saturated heterocycles. The molecular weight excluding hydrogens is 352 g/mol. The van der Waals surface area contributed by atoms with Gasteiger partial charge in [-0.1, -0.05) is 26.0 Å². The number of hydrogen-bond donors (Lipinski definition) is 1. The van der Waals surface area contributed by atoms with Gasteiger partial charge in [0.25, 0.3) is 0 Å². The van der Waals surface area contributed by atoms with Crippen molar-refractivity contribution in [3.63, 3.8) is 0 Å². The Morgan fingerprint density at radius 3 is 2.71 bits per heavy atom. The number of aryl methyl sites for hydroxylation is 1. The minimum atomic E-state index is -0.696. The number of allylic oxidation sites excluding steroid dienone is 2. The van der Waals surface area contributed by atoms with Crippen LogP contribution in [0.4, 0.5) is 0 Å². The predicted octanol–water partition coefficient (Wildman–Crippen LogP) is 4.69. The number of aromatic hydroxyl groups is 1. The fourth-order valence-corrected chi connectivity index (χ4v) is 6.37. The Morgan fingerprint density at radius 2 is 2.00 bits per heavy atom. The molecular formula is C24H30O4.